The third-order valence-corrected chi connectivity index (χ3v) is 5.95. The average molecular weight is 399 g/mol. The zero-order valence-corrected chi connectivity index (χ0v) is 21.4. The number of unbranched alkanes of at least 4 members (excludes halogenated alkanes) is 2. The van der Waals surface area contributed by atoms with E-state index in [-0.39, 0.29) is 0 Å². The first kappa shape index (κ1) is 30.1. The summed E-state index contributed by atoms with van der Waals surface area (Å²) in [7, 11) is 0. The van der Waals surface area contributed by atoms with Crippen molar-refractivity contribution in [1.29, 1.82) is 0 Å². The highest BCUT2D eigenvalue weighted by atomic mass is 15.2. The Balaban J connectivity index is 0. The zero-order chi connectivity index (χ0) is 21.9. The predicted octanol–water partition coefficient (Wildman–Crippen LogP) is 7.76. The molecule has 0 aromatic heterocycles. The van der Waals surface area contributed by atoms with Crippen molar-refractivity contribution in [2.75, 3.05) is 19.6 Å². The van der Waals surface area contributed by atoms with E-state index in [1.165, 1.54) is 70.9 Å². The summed E-state index contributed by atoms with van der Waals surface area (Å²) in [6.07, 6.45) is 12.0. The molecule has 0 aromatic carbocycles. The minimum Gasteiger partial charge on any atom is -0.330 e. The summed E-state index contributed by atoms with van der Waals surface area (Å²) in [4.78, 5) is 2.76. The molecule has 0 aromatic rings. The summed E-state index contributed by atoms with van der Waals surface area (Å²) in [5.74, 6) is 3.26. The van der Waals surface area contributed by atoms with Gasteiger partial charge in [0.25, 0.3) is 0 Å². The minimum absolute atomic E-state index is 0.734. The van der Waals surface area contributed by atoms with Crippen LogP contribution in [0.4, 0.5) is 0 Å². The lowest BCUT2D eigenvalue weighted by Gasteiger charge is -2.34. The molecule has 28 heavy (non-hydrogen) atoms. The monoisotopic (exact) mass is 398 g/mol. The number of hydrogen-bond donors (Lipinski definition) is 1. The predicted molar refractivity (Wildman–Crippen MR) is 131 cm³/mol. The molecular weight excluding hydrogens is 340 g/mol. The normalized spacial score (nSPS) is 14.9. The Hall–Kier alpha value is -0.0800. The van der Waals surface area contributed by atoms with Crippen LogP contribution < -0.4 is 5.73 Å². The number of nitrogens with zero attached hydrogens (tertiary/aromatic N) is 1. The number of nitrogens with two attached hydrogens (primary N) is 1. The van der Waals surface area contributed by atoms with Crippen LogP contribution >= 0.6 is 0 Å². The van der Waals surface area contributed by atoms with Gasteiger partial charge in [0.2, 0.25) is 0 Å². The van der Waals surface area contributed by atoms with Crippen molar-refractivity contribution in [3.05, 3.63) is 0 Å². The summed E-state index contributed by atoms with van der Waals surface area (Å²) in [6.45, 7) is 24.4. The molecular formula is C26H58N2. The van der Waals surface area contributed by atoms with Crippen LogP contribution in [0.5, 0.6) is 0 Å². The molecule has 3 unspecified atom stereocenters. The zero-order valence-electron chi connectivity index (χ0n) is 21.4. The van der Waals surface area contributed by atoms with Crippen LogP contribution in [0.3, 0.4) is 0 Å². The molecule has 0 amide bonds. The SMILES string of the molecule is CCCCC(CC)CN.CCCCC(CC)CN(CC(C)C)C(C)CC(C)C. The maximum Gasteiger partial charge on any atom is 0.00695 e. The molecule has 172 valence electrons. The van der Waals surface area contributed by atoms with Gasteiger partial charge in [-0.25, -0.2) is 0 Å². The molecule has 2 heteroatoms. The van der Waals surface area contributed by atoms with Gasteiger partial charge < -0.3 is 10.6 Å². The lowest BCUT2D eigenvalue weighted by Crippen LogP contribution is -2.40. The summed E-state index contributed by atoms with van der Waals surface area (Å²) in [5, 5.41) is 0. The van der Waals surface area contributed by atoms with Gasteiger partial charge in [-0.05, 0) is 56.4 Å². The van der Waals surface area contributed by atoms with Crippen molar-refractivity contribution in [2.24, 2.45) is 29.4 Å². The molecule has 0 fully saturated rings. The Bertz CT molecular complexity index is 297. The summed E-state index contributed by atoms with van der Waals surface area (Å²) in [5.41, 5.74) is 5.52. The van der Waals surface area contributed by atoms with Crippen LogP contribution in [-0.4, -0.2) is 30.6 Å². The summed E-state index contributed by atoms with van der Waals surface area (Å²) < 4.78 is 0. The van der Waals surface area contributed by atoms with Crippen molar-refractivity contribution < 1.29 is 0 Å². The Morgan fingerprint density at radius 1 is 0.679 bits per heavy atom. The average Bonchev–Trinajstić information content (AvgIpc) is 2.64. The van der Waals surface area contributed by atoms with Crippen molar-refractivity contribution in [2.45, 2.75) is 126 Å². The fourth-order valence-electron chi connectivity index (χ4n) is 3.97. The Morgan fingerprint density at radius 2 is 1.18 bits per heavy atom. The van der Waals surface area contributed by atoms with Gasteiger partial charge in [-0.15, -0.1) is 0 Å². The lowest BCUT2D eigenvalue weighted by molar-refractivity contribution is 0.136. The van der Waals surface area contributed by atoms with Crippen molar-refractivity contribution in [1.82, 2.24) is 4.90 Å². The molecule has 0 spiro atoms. The van der Waals surface area contributed by atoms with Crippen molar-refractivity contribution in [3.8, 4) is 0 Å². The Labute approximate surface area is 180 Å². The van der Waals surface area contributed by atoms with Gasteiger partial charge in [-0.3, -0.25) is 0 Å². The second-order valence-electron chi connectivity index (χ2n) is 9.90. The highest BCUT2D eigenvalue weighted by Crippen LogP contribution is 2.19. The Morgan fingerprint density at radius 3 is 1.54 bits per heavy atom. The maximum absolute atomic E-state index is 5.52. The minimum atomic E-state index is 0.734. The third-order valence-electron chi connectivity index (χ3n) is 5.95. The topological polar surface area (TPSA) is 29.3 Å². The second kappa shape index (κ2) is 20.2. The maximum atomic E-state index is 5.52. The molecule has 0 rings (SSSR count). The first-order valence-corrected chi connectivity index (χ1v) is 12.7. The molecule has 2 N–H and O–H groups in total. The van der Waals surface area contributed by atoms with E-state index in [0.29, 0.717) is 0 Å². The smallest absolute Gasteiger partial charge is 0.00695 e. The van der Waals surface area contributed by atoms with E-state index >= 15 is 0 Å². The molecule has 0 radical (unpaired) electrons. The van der Waals surface area contributed by atoms with E-state index in [9.17, 15) is 0 Å². The van der Waals surface area contributed by atoms with Gasteiger partial charge in [-0.2, -0.15) is 0 Å². The third kappa shape index (κ3) is 18.0. The number of rotatable bonds is 16. The first-order chi connectivity index (χ1) is 13.2. The van der Waals surface area contributed by atoms with Gasteiger partial charge in [0, 0.05) is 19.1 Å². The number of hydrogen-bond acceptors (Lipinski definition) is 2. The van der Waals surface area contributed by atoms with E-state index in [1.807, 2.05) is 0 Å². The van der Waals surface area contributed by atoms with E-state index in [4.69, 9.17) is 5.73 Å². The van der Waals surface area contributed by atoms with E-state index < -0.39 is 0 Å². The molecule has 0 saturated heterocycles. The van der Waals surface area contributed by atoms with Gasteiger partial charge in [0.1, 0.15) is 0 Å². The fourth-order valence-corrected chi connectivity index (χ4v) is 3.97. The molecule has 0 saturated carbocycles. The highest BCUT2D eigenvalue weighted by molar-refractivity contribution is 4.73. The summed E-state index contributed by atoms with van der Waals surface area (Å²) in [6, 6.07) is 0.734. The van der Waals surface area contributed by atoms with Crippen molar-refractivity contribution >= 4 is 0 Å². The molecule has 0 heterocycles. The van der Waals surface area contributed by atoms with Crippen LogP contribution in [0, 0.1) is 23.7 Å². The Kier molecular flexibility index (Phi) is 21.7. The van der Waals surface area contributed by atoms with Crippen molar-refractivity contribution in [3.63, 3.8) is 0 Å². The standard InChI is InChI=1S/C18H39N.C8H19N/c1-8-10-11-18(9-2)14-19(13-16(5)6)17(7)12-15(3)4;1-3-5-6-8(4-2)7-9/h15-18H,8-14H2,1-7H3;8H,3-7,9H2,1-2H3. The molecule has 0 bridgehead atoms. The van der Waals surface area contributed by atoms with Gasteiger partial charge in [0.15, 0.2) is 0 Å². The molecule has 2 nitrogen and oxygen atoms in total. The lowest BCUT2D eigenvalue weighted by atomic mass is 9.96. The van der Waals surface area contributed by atoms with Gasteiger partial charge in [-0.1, -0.05) is 93.9 Å². The summed E-state index contributed by atoms with van der Waals surface area (Å²) >= 11 is 0. The quantitative estimate of drug-likeness (QED) is 0.288. The van der Waals surface area contributed by atoms with Crippen LogP contribution in [0.15, 0.2) is 0 Å². The largest absolute Gasteiger partial charge is 0.330 e. The molecule has 0 aliphatic carbocycles. The first-order valence-electron chi connectivity index (χ1n) is 12.7. The van der Waals surface area contributed by atoms with Gasteiger partial charge in [0.05, 0.1) is 0 Å². The second-order valence-corrected chi connectivity index (χ2v) is 9.90. The van der Waals surface area contributed by atoms with E-state index in [2.05, 4.69) is 67.2 Å². The molecule has 0 aliphatic heterocycles. The van der Waals surface area contributed by atoms with Gasteiger partial charge >= 0.3 is 0 Å². The van der Waals surface area contributed by atoms with Crippen LogP contribution in [-0.2, 0) is 0 Å². The van der Waals surface area contributed by atoms with Crippen LogP contribution in [0.2, 0.25) is 0 Å². The highest BCUT2D eigenvalue weighted by Gasteiger charge is 2.19. The fraction of sp³-hybridized carbons (Fsp3) is 1.00. The van der Waals surface area contributed by atoms with Crippen LogP contribution in [0.1, 0.15) is 120 Å². The van der Waals surface area contributed by atoms with E-state index in [0.717, 1.165) is 36.3 Å². The van der Waals surface area contributed by atoms with Crippen LogP contribution in [0.25, 0.3) is 0 Å². The van der Waals surface area contributed by atoms with E-state index in [1.54, 1.807) is 0 Å². The molecule has 3 atom stereocenters. The molecule has 0 aliphatic rings.